The van der Waals surface area contributed by atoms with Gasteiger partial charge in [0, 0.05) is 30.3 Å². The smallest absolute Gasteiger partial charge is 0.214 e. The van der Waals surface area contributed by atoms with Crippen molar-refractivity contribution in [2.45, 2.75) is 26.4 Å². The number of rotatable bonds is 5. The fourth-order valence-corrected chi connectivity index (χ4v) is 3.99. The first-order valence-corrected chi connectivity index (χ1v) is 9.76. The molecule has 0 spiro atoms. The lowest BCUT2D eigenvalue weighted by atomic mass is 10.2. The highest BCUT2D eigenvalue weighted by Gasteiger charge is 2.26. The van der Waals surface area contributed by atoms with Crippen LogP contribution in [0.3, 0.4) is 0 Å². The number of benzene rings is 1. The third kappa shape index (κ3) is 3.66. The van der Waals surface area contributed by atoms with E-state index in [-0.39, 0.29) is 0 Å². The van der Waals surface area contributed by atoms with Crippen molar-refractivity contribution in [2.24, 2.45) is 5.92 Å². The monoisotopic (exact) mass is 376 g/mol. The van der Waals surface area contributed by atoms with Crippen molar-refractivity contribution in [1.29, 1.82) is 0 Å². The number of hydrogen-bond donors (Lipinski definition) is 0. The number of aromatic nitrogens is 3. The van der Waals surface area contributed by atoms with E-state index in [1.807, 2.05) is 35.0 Å². The summed E-state index contributed by atoms with van der Waals surface area (Å²) in [5.41, 5.74) is 1.97. The predicted molar refractivity (Wildman–Crippen MR) is 103 cm³/mol. The van der Waals surface area contributed by atoms with E-state index < -0.39 is 0 Å². The van der Waals surface area contributed by atoms with Crippen LogP contribution in [0.15, 0.2) is 30.5 Å². The molecule has 0 bridgehead atoms. The van der Waals surface area contributed by atoms with Gasteiger partial charge in [-0.25, -0.2) is 9.50 Å². The van der Waals surface area contributed by atoms with Crippen molar-refractivity contribution in [3.05, 3.63) is 35.5 Å². The second-order valence-corrected chi connectivity index (χ2v) is 8.20. The average molecular weight is 377 g/mol. The summed E-state index contributed by atoms with van der Waals surface area (Å²) in [5.74, 6) is 0.573. The fraction of sp³-hybridized carbons (Fsp3) is 0.444. The minimum atomic E-state index is 0.309. The van der Waals surface area contributed by atoms with Crippen LogP contribution in [0.1, 0.15) is 20.3 Å². The summed E-state index contributed by atoms with van der Waals surface area (Å²) in [6, 6.07) is 7.72. The molecule has 0 aliphatic carbocycles. The fourth-order valence-electron chi connectivity index (χ4n) is 2.94. The predicted octanol–water partition coefficient (Wildman–Crippen LogP) is 4.36. The molecule has 0 N–H and O–H groups in total. The molecule has 1 atom stereocenters. The third-order valence-electron chi connectivity index (χ3n) is 4.25. The van der Waals surface area contributed by atoms with Gasteiger partial charge in [-0.1, -0.05) is 48.9 Å². The minimum absolute atomic E-state index is 0.309. The van der Waals surface area contributed by atoms with Gasteiger partial charge in [-0.2, -0.15) is 0 Å². The zero-order chi connectivity index (χ0) is 17.4. The second kappa shape index (κ2) is 6.94. The maximum Gasteiger partial charge on any atom is 0.214 e. The molecule has 3 heterocycles. The summed E-state index contributed by atoms with van der Waals surface area (Å²) < 4.78 is 7.83. The topological polar surface area (TPSA) is 42.7 Å². The molecule has 5 nitrogen and oxygen atoms in total. The van der Waals surface area contributed by atoms with Gasteiger partial charge in [0.1, 0.15) is 0 Å². The molecule has 132 valence electrons. The molecule has 1 fully saturated rings. The van der Waals surface area contributed by atoms with Crippen LogP contribution in [0.4, 0.5) is 5.13 Å². The minimum Gasteiger partial charge on any atom is -0.376 e. The lowest BCUT2D eigenvalue weighted by Crippen LogP contribution is -2.23. The highest BCUT2D eigenvalue weighted by Crippen LogP contribution is 2.29. The Bertz CT molecular complexity index is 826. The number of halogens is 1. The van der Waals surface area contributed by atoms with Crippen LogP contribution in [0.25, 0.3) is 16.2 Å². The maximum absolute atomic E-state index is 5.96. The number of fused-ring (bicyclic) bond motifs is 1. The largest absolute Gasteiger partial charge is 0.376 e. The van der Waals surface area contributed by atoms with Crippen LogP contribution in [-0.2, 0) is 4.74 Å². The molecule has 1 aliphatic rings. The molecular formula is C18H21ClN4OS. The Hall–Kier alpha value is -1.63. The Morgan fingerprint density at radius 2 is 2.12 bits per heavy atom. The van der Waals surface area contributed by atoms with Gasteiger partial charge in [0.15, 0.2) is 0 Å². The van der Waals surface area contributed by atoms with Crippen molar-refractivity contribution in [3.63, 3.8) is 0 Å². The van der Waals surface area contributed by atoms with Crippen molar-refractivity contribution < 1.29 is 4.74 Å². The first kappa shape index (κ1) is 16.8. The van der Waals surface area contributed by atoms with E-state index in [0.29, 0.717) is 12.0 Å². The first-order chi connectivity index (χ1) is 12.1. The summed E-state index contributed by atoms with van der Waals surface area (Å²) in [5, 5.41) is 6.45. The number of hydrogen-bond acceptors (Lipinski definition) is 5. The Morgan fingerprint density at radius 3 is 2.84 bits per heavy atom. The lowest BCUT2D eigenvalue weighted by molar-refractivity contribution is 0.0497. The van der Waals surface area contributed by atoms with Crippen molar-refractivity contribution in [3.8, 4) is 11.3 Å². The van der Waals surface area contributed by atoms with E-state index in [1.165, 1.54) is 0 Å². The van der Waals surface area contributed by atoms with Gasteiger partial charge in [0.05, 0.1) is 18.0 Å². The average Bonchev–Trinajstić information content (AvgIpc) is 3.27. The Balaban J connectivity index is 1.47. The van der Waals surface area contributed by atoms with Crippen LogP contribution >= 0.6 is 22.9 Å². The Kier molecular flexibility index (Phi) is 4.67. The van der Waals surface area contributed by atoms with Gasteiger partial charge in [-0.15, -0.1) is 5.10 Å². The van der Waals surface area contributed by atoms with Crippen molar-refractivity contribution in [2.75, 3.05) is 24.6 Å². The number of ether oxygens (including phenoxy) is 1. The Labute approximate surface area is 156 Å². The van der Waals surface area contributed by atoms with Crippen LogP contribution in [0.2, 0.25) is 5.02 Å². The normalized spacial score (nSPS) is 17.9. The summed E-state index contributed by atoms with van der Waals surface area (Å²) in [6.07, 6.45) is 3.34. The number of imidazole rings is 1. The van der Waals surface area contributed by atoms with E-state index in [4.69, 9.17) is 26.4 Å². The SMILES string of the molecule is CC(C)COC1CCN(c2nn3cc(-c4ccc(Cl)cc4)nc3s2)C1. The summed E-state index contributed by atoms with van der Waals surface area (Å²) >= 11 is 7.57. The Morgan fingerprint density at radius 1 is 1.32 bits per heavy atom. The second-order valence-electron chi connectivity index (χ2n) is 6.83. The molecule has 4 rings (SSSR count). The molecule has 2 aromatic heterocycles. The van der Waals surface area contributed by atoms with Crippen LogP contribution in [0, 0.1) is 5.92 Å². The standard InChI is InChI=1S/C18H21ClN4OS/c1-12(2)11-24-15-7-8-22(9-15)18-21-23-10-16(20-17(23)25-18)13-3-5-14(19)6-4-13/h3-6,10,12,15H,7-9,11H2,1-2H3. The van der Waals surface area contributed by atoms with Crippen LogP contribution < -0.4 is 4.90 Å². The van der Waals surface area contributed by atoms with Gasteiger partial charge < -0.3 is 9.64 Å². The van der Waals surface area contributed by atoms with Gasteiger partial charge in [0.2, 0.25) is 10.1 Å². The highest BCUT2D eigenvalue weighted by molar-refractivity contribution is 7.20. The van der Waals surface area contributed by atoms with Crippen LogP contribution in [0.5, 0.6) is 0 Å². The third-order valence-corrected chi connectivity index (χ3v) is 5.49. The molecule has 0 saturated carbocycles. The van der Waals surface area contributed by atoms with E-state index in [9.17, 15) is 0 Å². The van der Waals surface area contributed by atoms with Gasteiger partial charge in [0.25, 0.3) is 0 Å². The summed E-state index contributed by atoms with van der Waals surface area (Å²) in [4.78, 5) is 7.91. The van der Waals surface area contributed by atoms with E-state index in [2.05, 4.69) is 18.7 Å². The van der Waals surface area contributed by atoms with E-state index in [0.717, 1.165) is 52.5 Å². The van der Waals surface area contributed by atoms with Gasteiger partial charge in [-0.3, -0.25) is 0 Å². The van der Waals surface area contributed by atoms with Gasteiger partial charge in [-0.05, 0) is 24.5 Å². The van der Waals surface area contributed by atoms with E-state index in [1.54, 1.807) is 11.3 Å². The van der Waals surface area contributed by atoms with Crippen molar-refractivity contribution in [1.82, 2.24) is 14.6 Å². The number of anilines is 1. The quantitative estimate of drug-likeness (QED) is 0.663. The molecule has 25 heavy (non-hydrogen) atoms. The molecule has 1 aliphatic heterocycles. The summed E-state index contributed by atoms with van der Waals surface area (Å²) in [6.45, 7) is 7.09. The first-order valence-electron chi connectivity index (χ1n) is 8.57. The zero-order valence-corrected chi connectivity index (χ0v) is 15.9. The molecule has 7 heteroatoms. The zero-order valence-electron chi connectivity index (χ0n) is 14.4. The molecule has 1 saturated heterocycles. The maximum atomic E-state index is 5.96. The summed E-state index contributed by atoms with van der Waals surface area (Å²) in [7, 11) is 0. The van der Waals surface area contributed by atoms with Gasteiger partial charge >= 0.3 is 0 Å². The molecule has 0 amide bonds. The lowest BCUT2D eigenvalue weighted by Gasteiger charge is -2.15. The molecule has 0 radical (unpaired) electrons. The van der Waals surface area contributed by atoms with Crippen molar-refractivity contribution >= 4 is 33.0 Å². The van der Waals surface area contributed by atoms with Crippen LogP contribution in [-0.4, -0.2) is 40.4 Å². The molecule has 1 aromatic carbocycles. The van der Waals surface area contributed by atoms with E-state index >= 15 is 0 Å². The molecule has 3 aromatic rings. The highest BCUT2D eigenvalue weighted by atomic mass is 35.5. The molecule has 1 unspecified atom stereocenters. The molecular weight excluding hydrogens is 356 g/mol. The number of nitrogens with zero attached hydrogens (tertiary/aromatic N) is 4.